The Labute approximate surface area is 83.1 Å². The summed E-state index contributed by atoms with van der Waals surface area (Å²) in [4.78, 5) is 5.52. The van der Waals surface area contributed by atoms with Crippen molar-refractivity contribution < 1.29 is 4.39 Å². The van der Waals surface area contributed by atoms with E-state index < -0.39 is 0 Å². The molecule has 3 nitrogen and oxygen atoms in total. The molecule has 2 N–H and O–H groups in total. The maximum Gasteiger partial charge on any atom is 0.195 e. The van der Waals surface area contributed by atoms with E-state index >= 15 is 0 Å². The lowest BCUT2D eigenvalue weighted by Gasteiger charge is -2.18. The van der Waals surface area contributed by atoms with Crippen LogP contribution in [-0.2, 0) is 0 Å². The number of hydrogen-bond acceptors (Lipinski definition) is 1. The van der Waals surface area contributed by atoms with Gasteiger partial charge in [-0.2, -0.15) is 0 Å². The first kappa shape index (κ1) is 10.5. The summed E-state index contributed by atoms with van der Waals surface area (Å²) in [5, 5.41) is 0. The van der Waals surface area contributed by atoms with E-state index in [9.17, 15) is 4.39 Å². The van der Waals surface area contributed by atoms with Gasteiger partial charge in [-0.15, -0.1) is 0 Å². The van der Waals surface area contributed by atoms with Crippen LogP contribution >= 0.6 is 0 Å². The van der Waals surface area contributed by atoms with E-state index in [1.807, 2.05) is 6.92 Å². The van der Waals surface area contributed by atoms with Crippen molar-refractivity contribution in [1.82, 2.24) is 0 Å². The molecule has 0 fully saturated rings. The largest absolute Gasteiger partial charge is 0.370 e. The van der Waals surface area contributed by atoms with Crippen LogP contribution in [-0.4, -0.2) is 19.6 Å². The van der Waals surface area contributed by atoms with Crippen LogP contribution in [0.25, 0.3) is 0 Å². The maximum atomic E-state index is 13.3. The van der Waals surface area contributed by atoms with Gasteiger partial charge >= 0.3 is 0 Å². The van der Waals surface area contributed by atoms with Gasteiger partial charge < -0.3 is 10.6 Å². The van der Waals surface area contributed by atoms with Gasteiger partial charge in [-0.05, 0) is 19.1 Å². The summed E-state index contributed by atoms with van der Waals surface area (Å²) in [7, 11) is 1.69. The first-order chi connectivity index (χ1) is 6.66. The summed E-state index contributed by atoms with van der Waals surface area (Å²) in [6.45, 7) is 2.46. The highest BCUT2D eigenvalue weighted by molar-refractivity contribution is 5.94. The Bertz CT molecular complexity index is 336. The summed E-state index contributed by atoms with van der Waals surface area (Å²) in [6, 6.07) is 6.45. The number of para-hydroxylation sites is 1. The minimum Gasteiger partial charge on any atom is -0.370 e. The molecule has 14 heavy (non-hydrogen) atoms. The van der Waals surface area contributed by atoms with Crippen molar-refractivity contribution in [2.24, 2.45) is 10.7 Å². The zero-order valence-corrected chi connectivity index (χ0v) is 8.37. The lowest BCUT2D eigenvalue weighted by molar-refractivity contribution is 0.628. The van der Waals surface area contributed by atoms with Crippen molar-refractivity contribution in [2.75, 3.05) is 18.5 Å². The molecule has 0 radical (unpaired) electrons. The van der Waals surface area contributed by atoms with Gasteiger partial charge in [0.2, 0.25) is 0 Å². The number of nitrogens with zero attached hydrogens (tertiary/aromatic N) is 2. The number of guanidine groups is 1. The molecule has 0 heterocycles. The summed E-state index contributed by atoms with van der Waals surface area (Å²) >= 11 is 0. The molecule has 4 heteroatoms. The van der Waals surface area contributed by atoms with Crippen LogP contribution in [0.3, 0.4) is 0 Å². The standard InChI is InChI=1S/C10H14FN3/c1-3-13-10(12)14(2)9-7-5-4-6-8(9)11/h4-7H,3H2,1-2H3,(H2,12,13). The topological polar surface area (TPSA) is 41.6 Å². The highest BCUT2D eigenvalue weighted by atomic mass is 19.1. The third-order valence-corrected chi connectivity index (χ3v) is 1.88. The normalized spacial score (nSPS) is 11.5. The minimum absolute atomic E-state index is 0.302. The number of rotatable bonds is 2. The van der Waals surface area contributed by atoms with E-state index in [1.54, 1.807) is 25.2 Å². The number of aliphatic imine (C=N–C) groups is 1. The first-order valence-electron chi connectivity index (χ1n) is 4.45. The zero-order valence-electron chi connectivity index (χ0n) is 8.37. The Morgan fingerprint density at radius 1 is 1.50 bits per heavy atom. The number of halogens is 1. The van der Waals surface area contributed by atoms with Crippen LogP contribution < -0.4 is 10.6 Å². The molecule has 0 bridgehead atoms. The highest BCUT2D eigenvalue weighted by Crippen LogP contribution is 2.16. The number of nitrogens with two attached hydrogens (primary N) is 1. The molecule has 0 spiro atoms. The Morgan fingerprint density at radius 3 is 2.71 bits per heavy atom. The summed E-state index contributed by atoms with van der Waals surface area (Å²) < 4.78 is 13.3. The Balaban J connectivity index is 2.95. The summed E-state index contributed by atoms with van der Waals surface area (Å²) in [6.07, 6.45) is 0. The molecular weight excluding hydrogens is 181 g/mol. The van der Waals surface area contributed by atoms with Crippen molar-refractivity contribution >= 4 is 11.6 Å². The second-order valence-corrected chi connectivity index (χ2v) is 2.84. The van der Waals surface area contributed by atoms with Gasteiger partial charge in [-0.1, -0.05) is 12.1 Å². The molecule has 0 saturated heterocycles. The van der Waals surface area contributed by atoms with Crippen molar-refractivity contribution in [1.29, 1.82) is 0 Å². The smallest absolute Gasteiger partial charge is 0.195 e. The third kappa shape index (κ3) is 2.22. The molecule has 1 aromatic carbocycles. The molecule has 0 atom stereocenters. The molecule has 76 valence electrons. The fourth-order valence-electron chi connectivity index (χ4n) is 1.12. The molecule has 1 rings (SSSR count). The third-order valence-electron chi connectivity index (χ3n) is 1.88. The van der Waals surface area contributed by atoms with Gasteiger partial charge in [-0.25, -0.2) is 4.39 Å². The Hall–Kier alpha value is -1.58. The molecular formula is C10H14FN3. The fourth-order valence-corrected chi connectivity index (χ4v) is 1.12. The van der Waals surface area contributed by atoms with Crippen LogP contribution in [0, 0.1) is 5.82 Å². The molecule has 0 amide bonds. The van der Waals surface area contributed by atoms with Gasteiger partial charge in [0.25, 0.3) is 0 Å². The first-order valence-corrected chi connectivity index (χ1v) is 4.45. The lowest BCUT2D eigenvalue weighted by Crippen LogP contribution is -2.34. The number of benzene rings is 1. The molecule has 0 unspecified atom stereocenters. The molecule has 0 aliphatic carbocycles. The van der Waals surface area contributed by atoms with Crippen molar-refractivity contribution in [3.05, 3.63) is 30.1 Å². The second kappa shape index (κ2) is 4.60. The van der Waals surface area contributed by atoms with E-state index in [4.69, 9.17) is 5.73 Å². The van der Waals surface area contributed by atoms with E-state index in [-0.39, 0.29) is 5.82 Å². The minimum atomic E-state index is -0.302. The fraction of sp³-hybridized carbons (Fsp3) is 0.300. The molecule has 0 aliphatic heterocycles. The number of hydrogen-bond donors (Lipinski definition) is 1. The SMILES string of the molecule is CCN=C(N)N(C)c1ccccc1F. The second-order valence-electron chi connectivity index (χ2n) is 2.84. The monoisotopic (exact) mass is 195 g/mol. The average molecular weight is 195 g/mol. The van der Waals surface area contributed by atoms with Crippen LogP contribution in [0.1, 0.15) is 6.92 Å². The van der Waals surface area contributed by atoms with E-state index in [1.165, 1.54) is 11.0 Å². The van der Waals surface area contributed by atoms with Crippen LogP contribution in [0.5, 0.6) is 0 Å². The van der Waals surface area contributed by atoms with Crippen LogP contribution in [0.2, 0.25) is 0 Å². The predicted octanol–water partition coefficient (Wildman–Crippen LogP) is 1.60. The molecule has 0 aliphatic rings. The van der Waals surface area contributed by atoms with E-state index in [0.29, 0.717) is 18.2 Å². The zero-order chi connectivity index (χ0) is 10.6. The lowest BCUT2D eigenvalue weighted by atomic mass is 10.3. The summed E-state index contributed by atoms with van der Waals surface area (Å²) in [5.74, 6) is 0.0156. The highest BCUT2D eigenvalue weighted by Gasteiger charge is 2.08. The van der Waals surface area contributed by atoms with Gasteiger partial charge in [0.1, 0.15) is 5.82 Å². The van der Waals surface area contributed by atoms with Crippen molar-refractivity contribution in [2.45, 2.75) is 6.92 Å². The molecule has 0 aromatic heterocycles. The van der Waals surface area contributed by atoms with Crippen molar-refractivity contribution in [3.8, 4) is 0 Å². The van der Waals surface area contributed by atoms with Gasteiger partial charge in [0, 0.05) is 13.6 Å². The predicted molar refractivity (Wildman–Crippen MR) is 57.0 cm³/mol. The van der Waals surface area contributed by atoms with Crippen LogP contribution in [0.15, 0.2) is 29.3 Å². The Kier molecular flexibility index (Phi) is 3.45. The van der Waals surface area contributed by atoms with Crippen LogP contribution in [0.4, 0.5) is 10.1 Å². The average Bonchev–Trinajstić information content (AvgIpc) is 2.18. The van der Waals surface area contributed by atoms with E-state index in [2.05, 4.69) is 4.99 Å². The van der Waals surface area contributed by atoms with Gasteiger partial charge in [0.05, 0.1) is 5.69 Å². The molecule has 0 saturated carbocycles. The van der Waals surface area contributed by atoms with Gasteiger partial charge in [-0.3, -0.25) is 4.99 Å². The summed E-state index contributed by atoms with van der Waals surface area (Å²) in [5.41, 5.74) is 6.07. The number of anilines is 1. The quantitative estimate of drug-likeness (QED) is 0.575. The Morgan fingerprint density at radius 2 is 2.14 bits per heavy atom. The van der Waals surface area contributed by atoms with E-state index in [0.717, 1.165) is 0 Å². The van der Waals surface area contributed by atoms with Crippen molar-refractivity contribution in [3.63, 3.8) is 0 Å². The molecule has 1 aromatic rings. The van der Waals surface area contributed by atoms with Gasteiger partial charge in [0.15, 0.2) is 5.96 Å². The maximum absolute atomic E-state index is 13.3.